The van der Waals surface area contributed by atoms with Crippen molar-refractivity contribution in [1.29, 1.82) is 0 Å². The molecule has 0 aliphatic carbocycles. The predicted molar refractivity (Wildman–Crippen MR) is 114 cm³/mol. The van der Waals surface area contributed by atoms with Gasteiger partial charge in [0.25, 0.3) is 5.91 Å². The summed E-state index contributed by atoms with van der Waals surface area (Å²) >= 11 is 1.58. The maximum Gasteiger partial charge on any atom is 0.254 e. The van der Waals surface area contributed by atoms with E-state index in [1.807, 2.05) is 41.8 Å². The number of nitrogens with one attached hydrogen (secondary N) is 1. The second-order valence-corrected chi connectivity index (χ2v) is 9.20. The van der Waals surface area contributed by atoms with Gasteiger partial charge in [-0.1, -0.05) is 24.3 Å². The summed E-state index contributed by atoms with van der Waals surface area (Å²) in [7, 11) is -0.595. The Hall–Kier alpha value is -2.68. The zero-order chi connectivity index (χ0) is 20.9. The Labute approximate surface area is 174 Å². The molecular formula is C21H22N2O4S2. The van der Waals surface area contributed by atoms with Gasteiger partial charge in [0.15, 0.2) is 0 Å². The maximum absolute atomic E-state index is 13.2. The molecule has 0 aliphatic heterocycles. The van der Waals surface area contributed by atoms with Crippen molar-refractivity contribution in [2.24, 2.45) is 0 Å². The lowest BCUT2D eigenvalue weighted by atomic mass is 10.1. The van der Waals surface area contributed by atoms with Crippen LogP contribution in [0.15, 0.2) is 70.9 Å². The van der Waals surface area contributed by atoms with Crippen LogP contribution in [0.5, 0.6) is 5.75 Å². The highest BCUT2D eigenvalue weighted by atomic mass is 32.2. The van der Waals surface area contributed by atoms with E-state index in [0.29, 0.717) is 24.4 Å². The van der Waals surface area contributed by atoms with Crippen LogP contribution in [0, 0.1) is 0 Å². The summed E-state index contributed by atoms with van der Waals surface area (Å²) in [6.45, 7) is 0.822. The van der Waals surface area contributed by atoms with Crippen LogP contribution in [-0.4, -0.2) is 33.4 Å². The molecule has 0 bridgehead atoms. The Morgan fingerprint density at radius 1 is 1.03 bits per heavy atom. The van der Waals surface area contributed by atoms with E-state index in [9.17, 15) is 13.2 Å². The summed E-state index contributed by atoms with van der Waals surface area (Å²) in [5.41, 5.74) is 1.32. The number of thiophene rings is 1. The highest BCUT2D eigenvalue weighted by Crippen LogP contribution is 2.23. The number of benzene rings is 2. The van der Waals surface area contributed by atoms with Crippen LogP contribution >= 0.6 is 11.3 Å². The largest absolute Gasteiger partial charge is 0.496 e. The molecular weight excluding hydrogens is 408 g/mol. The molecule has 152 valence electrons. The molecule has 0 atom stereocenters. The van der Waals surface area contributed by atoms with E-state index in [-0.39, 0.29) is 10.8 Å². The topological polar surface area (TPSA) is 75.7 Å². The van der Waals surface area contributed by atoms with Crippen molar-refractivity contribution in [2.45, 2.75) is 18.0 Å². The second-order valence-electron chi connectivity index (χ2n) is 6.28. The highest BCUT2D eigenvalue weighted by Gasteiger charge is 2.20. The van der Waals surface area contributed by atoms with Crippen LogP contribution in [0.1, 0.15) is 20.8 Å². The Morgan fingerprint density at radius 3 is 2.38 bits per heavy atom. The van der Waals surface area contributed by atoms with E-state index in [1.54, 1.807) is 23.3 Å². The Balaban J connectivity index is 1.90. The van der Waals surface area contributed by atoms with Gasteiger partial charge in [-0.15, -0.1) is 11.3 Å². The lowest BCUT2D eigenvalue weighted by molar-refractivity contribution is 0.0730. The summed E-state index contributed by atoms with van der Waals surface area (Å²) in [6.07, 6.45) is 0. The fourth-order valence-electron chi connectivity index (χ4n) is 2.91. The van der Waals surface area contributed by atoms with Gasteiger partial charge in [-0.25, -0.2) is 13.1 Å². The monoisotopic (exact) mass is 430 g/mol. The molecule has 1 heterocycles. The molecule has 0 spiro atoms. The number of hydrogen-bond acceptors (Lipinski definition) is 5. The summed E-state index contributed by atoms with van der Waals surface area (Å²) in [5.74, 6) is 0.532. The van der Waals surface area contributed by atoms with E-state index in [4.69, 9.17) is 4.74 Å². The molecule has 0 fully saturated rings. The van der Waals surface area contributed by atoms with Crippen LogP contribution in [0.4, 0.5) is 0 Å². The van der Waals surface area contributed by atoms with E-state index in [2.05, 4.69) is 4.72 Å². The van der Waals surface area contributed by atoms with Crippen molar-refractivity contribution < 1.29 is 17.9 Å². The fraction of sp³-hybridized carbons (Fsp3) is 0.190. The van der Waals surface area contributed by atoms with Crippen LogP contribution in [0.2, 0.25) is 0 Å². The van der Waals surface area contributed by atoms with Gasteiger partial charge in [-0.3, -0.25) is 4.79 Å². The molecule has 3 aromatic rings. The van der Waals surface area contributed by atoms with Crippen LogP contribution in [0.3, 0.4) is 0 Å². The second kappa shape index (κ2) is 9.21. The molecule has 3 rings (SSSR count). The number of carbonyl (C=O) groups is 1. The van der Waals surface area contributed by atoms with Crippen molar-refractivity contribution in [2.75, 3.05) is 14.2 Å². The van der Waals surface area contributed by atoms with Crippen LogP contribution < -0.4 is 9.46 Å². The Kier molecular flexibility index (Phi) is 6.68. The standard InChI is InChI=1S/C21H22N2O4S2/c1-22-29(25,26)19-11-9-16(10-12-19)21(24)23(15-18-7-5-13-28-18)14-17-6-3-4-8-20(17)27-2/h3-13,22H,14-15H2,1-2H3. The smallest absolute Gasteiger partial charge is 0.254 e. The third-order valence-corrected chi connectivity index (χ3v) is 6.74. The SMILES string of the molecule is CNS(=O)(=O)c1ccc(C(=O)N(Cc2cccs2)Cc2ccccc2OC)cc1. The van der Waals surface area contributed by atoms with Gasteiger partial charge in [0.05, 0.1) is 25.1 Å². The van der Waals surface area contributed by atoms with Gasteiger partial charge in [-0.05, 0) is 48.8 Å². The maximum atomic E-state index is 13.2. The van der Waals surface area contributed by atoms with Gasteiger partial charge < -0.3 is 9.64 Å². The first-order chi connectivity index (χ1) is 13.9. The van der Waals surface area contributed by atoms with Crippen molar-refractivity contribution in [1.82, 2.24) is 9.62 Å². The molecule has 0 aliphatic rings. The number of carbonyl (C=O) groups excluding carboxylic acids is 1. The minimum Gasteiger partial charge on any atom is -0.496 e. The molecule has 0 radical (unpaired) electrons. The first-order valence-corrected chi connectivity index (χ1v) is 11.3. The number of hydrogen-bond donors (Lipinski definition) is 1. The van der Waals surface area contributed by atoms with Gasteiger partial charge in [0.1, 0.15) is 5.75 Å². The molecule has 0 saturated heterocycles. The molecule has 2 aromatic carbocycles. The van der Waals surface area contributed by atoms with E-state index in [1.165, 1.54) is 31.3 Å². The zero-order valence-corrected chi connectivity index (χ0v) is 17.8. The summed E-state index contributed by atoms with van der Waals surface area (Å²) in [6, 6.07) is 17.5. The summed E-state index contributed by atoms with van der Waals surface area (Å²) in [4.78, 5) is 16.1. The number of para-hydroxylation sites is 1. The average Bonchev–Trinajstić information content (AvgIpc) is 3.26. The van der Waals surface area contributed by atoms with E-state index in [0.717, 1.165) is 10.4 Å². The molecule has 1 aromatic heterocycles. The van der Waals surface area contributed by atoms with Crippen LogP contribution in [-0.2, 0) is 23.1 Å². The number of ether oxygens (including phenoxy) is 1. The molecule has 8 heteroatoms. The van der Waals surface area contributed by atoms with Gasteiger partial charge >= 0.3 is 0 Å². The molecule has 1 N–H and O–H groups in total. The fourth-order valence-corrected chi connectivity index (χ4v) is 4.36. The molecule has 0 saturated carbocycles. The molecule has 0 unspecified atom stereocenters. The minimum atomic E-state index is -3.55. The number of sulfonamides is 1. The number of amides is 1. The third kappa shape index (κ3) is 5.03. The summed E-state index contributed by atoms with van der Waals surface area (Å²) < 4.78 is 31.5. The zero-order valence-electron chi connectivity index (χ0n) is 16.2. The average molecular weight is 431 g/mol. The number of nitrogens with zero attached hydrogens (tertiary/aromatic N) is 1. The number of methoxy groups -OCH3 is 1. The third-order valence-electron chi connectivity index (χ3n) is 4.45. The predicted octanol–water partition coefficient (Wildman–Crippen LogP) is 3.51. The molecule has 29 heavy (non-hydrogen) atoms. The molecule has 1 amide bonds. The number of rotatable bonds is 8. The first-order valence-electron chi connectivity index (χ1n) is 8.92. The minimum absolute atomic E-state index is 0.117. The van der Waals surface area contributed by atoms with E-state index < -0.39 is 10.0 Å². The van der Waals surface area contributed by atoms with Crippen molar-refractivity contribution in [3.63, 3.8) is 0 Å². The van der Waals surface area contributed by atoms with E-state index >= 15 is 0 Å². The quantitative estimate of drug-likeness (QED) is 0.593. The Morgan fingerprint density at radius 2 is 1.76 bits per heavy atom. The van der Waals surface area contributed by atoms with Gasteiger partial charge in [0, 0.05) is 16.0 Å². The lowest BCUT2D eigenvalue weighted by Crippen LogP contribution is -2.30. The van der Waals surface area contributed by atoms with Crippen molar-refractivity contribution in [3.05, 3.63) is 82.0 Å². The highest BCUT2D eigenvalue weighted by molar-refractivity contribution is 7.89. The van der Waals surface area contributed by atoms with Crippen molar-refractivity contribution in [3.8, 4) is 5.75 Å². The van der Waals surface area contributed by atoms with Gasteiger partial charge in [-0.2, -0.15) is 0 Å². The Bertz CT molecular complexity index is 1060. The van der Waals surface area contributed by atoms with Crippen molar-refractivity contribution >= 4 is 27.3 Å². The first kappa shape index (κ1) is 21.0. The normalized spacial score (nSPS) is 11.2. The van der Waals surface area contributed by atoms with Crippen LogP contribution in [0.25, 0.3) is 0 Å². The summed E-state index contributed by atoms with van der Waals surface area (Å²) in [5, 5.41) is 1.97. The molecule has 6 nitrogen and oxygen atoms in total. The lowest BCUT2D eigenvalue weighted by Gasteiger charge is -2.23. The van der Waals surface area contributed by atoms with Gasteiger partial charge in [0.2, 0.25) is 10.0 Å².